The first kappa shape index (κ1) is 14.7. The van der Waals surface area contributed by atoms with Gasteiger partial charge in [-0.2, -0.15) is 0 Å². The van der Waals surface area contributed by atoms with Crippen LogP contribution in [0.15, 0.2) is 30.3 Å². The summed E-state index contributed by atoms with van der Waals surface area (Å²) >= 11 is 0. The number of nitrogens with one attached hydrogen (secondary N) is 2. The molecule has 1 aromatic rings. The van der Waals surface area contributed by atoms with Crippen LogP contribution in [0.2, 0.25) is 0 Å². The average molecular weight is 249 g/mol. The fourth-order valence-corrected chi connectivity index (χ4v) is 1.76. The van der Waals surface area contributed by atoms with Crippen LogP contribution in [0, 0.1) is 0 Å². The molecule has 1 aliphatic heterocycles. The summed E-state index contributed by atoms with van der Waals surface area (Å²) in [6, 6.07) is 11.3. The average Bonchev–Trinajstić information content (AvgIpc) is 2.21. The number of hydrogen-bond donors (Lipinski definition) is 2. The molecular formula is C11H18Cl2N2. The molecule has 1 atom stereocenters. The predicted molar refractivity (Wildman–Crippen MR) is 69.3 cm³/mol. The second-order valence-corrected chi connectivity index (χ2v) is 3.54. The topological polar surface area (TPSA) is 24.1 Å². The molecule has 2 nitrogen and oxygen atoms in total. The lowest BCUT2D eigenvalue weighted by atomic mass is 10.1. The minimum atomic E-state index is 0. The second-order valence-electron chi connectivity index (χ2n) is 3.54. The van der Waals surface area contributed by atoms with Crippen molar-refractivity contribution in [1.29, 1.82) is 0 Å². The number of rotatable bonds is 2. The quantitative estimate of drug-likeness (QED) is 0.832. The highest BCUT2D eigenvalue weighted by Crippen LogP contribution is 2.03. The minimum Gasteiger partial charge on any atom is -0.314 e. The first-order valence-corrected chi connectivity index (χ1v) is 4.93. The van der Waals surface area contributed by atoms with E-state index in [4.69, 9.17) is 0 Å². The molecule has 1 aromatic carbocycles. The van der Waals surface area contributed by atoms with E-state index in [-0.39, 0.29) is 24.8 Å². The third kappa shape index (κ3) is 4.85. The third-order valence-electron chi connectivity index (χ3n) is 2.45. The van der Waals surface area contributed by atoms with Crippen molar-refractivity contribution in [3.63, 3.8) is 0 Å². The molecule has 86 valence electrons. The molecule has 15 heavy (non-hydrogen) atoms. The summed E-state index contributed by atoms with van der Waals surface area (Å²) in [5.74, 6) is 0. The molecule has 0 spiro atoms. The smallest absolute Gasteiger partial charge is 0.0233 e. The van der Waals surface area contributed by atoms with E-state index in [0.29, 0.717) is 6.04 Å². The summed E-state index contributed by atoms with van der Waals surface area (Å²) in [4.78, 5) is 0. The minimum absolute atomic E-state index is 0. The maximum Gasteiger partial charge on any atom is 0.0233 e. The van der Waals surface area contributed by atoms with Crippen LogP contribution >= 0.6 is 24.8 Å². The van der Waals surface area contributed by atoms with E-state index in [1.165, 1.54) is 5.56 Å². The van der Waals surface area contributed by atoms with Crippen molar-refractivity contribution in [1.82, 2.24) is 10.6 Å². The molecule has 0 aromatic heterocycles. The van der Waals surface area contributed by atoms with Gasteiger partial charge in [0.15, 0.2) is 0 Å². The van der Waals surface area contributed by atoms with Crippen molar-refractivity contribution in [3.05, 3.63) is 35.9 Å². The van der Waals surface area contributed by atoms with E-state index >= 15 is 0 Å². The zero-order chi connectivity index (χ0) is 8.93. The van der Waals surface area contributed by atoms with Crippen molar-refractivity contribution in [2.45, 2.75) is 12.5 Å². The van der Waals surface area contributed by atoms with Gasteiger partial charge in [-0.3, -0.25) is 0 Å². The van der Waals surface area contributed by atoms with Gasteiger partial charge in [-0.1, -0.05) is 30.3 Å². The van der Waals surface area contributed by atoms with Gasteiger partial charge in [-0.15, -0.1) is 24.8 Å². The molecule has 1 fully saturated rings. The van der Waals surface area contributed by atoms with Crippen LogP contribution < -0.4 is 10.6 Å². The standard InChI is InChI=1S/C11H16N2.2ClH/c1-2-4-10(5-3-1)8-11-9-12-6-7-13-11;;/h1-5,11-13H,6-9H2;2*1H/t11-;;/m0../s1. The Hall–Kier alpha value is -0.280. The summed E-state index contributed by atoms with van der Waals surface area (Å²) < 4.78 is 0. The van der Waals surface area contributed by atoms with Gasteiger partial charge in [-0.05, 0) is 12.0 Å². The highest BCUT2D eigenvalue weighted by Gasteiger charge is 2.11. The maximum absolute atomic E-state index is 3.51. The molecule has 0 radical (unpaired) electrons. The Bertz CT molecular complexity index is 248. The van der Waals surface area contributed by atoms with Crippen LogP contribution in [0.4, 0.5) is 0 Å². The number of halogens is 2. The van der Waals surface area contributed by atoms with Gasteiger partial charge in [0.2, 0.25) is 0 Å². The molecule has 1 saturated heterocycles. The van der Waals surface area contributed by atoms with Gasteiger partial charge in [0.25, 0.3) is 0 Å². The molecular weight excluding hydrogens is 231 g/mol. The lowest BCUT2D eigenvalue weighted by Gasteiger charge is -2.24. The summed E-state index contributed by atoms with van der Waals surface area (Å²) in [6.07, 6.45) is 1.13. The Morgan fingerprint density at radius 1 is 1.07 bits per heavy atom. The van der Waals surface area contributed by atoms with Crippen LogP contribution in [0.5, 0.6) is 0 Å². The van der Waals surface area contributed by atoms with Crippen molar-refractivity contribution in [3.8, 4) is 0 Å². The molecule has 1 heterocycles. The Morgan fingerprint density at radius 3 is 2.40 bits per heavy atom. The monoisotopic (exact) mass is 248 g/mol. The third-order valence-corrected chi connectivity index (χ3v) is 2.45. The molecule has 1 aliphatic rings. The SMILES string of the molecule is Cl.Cl.c1ccc(C[C@H]2CNCCN2)cc1. The highest BCUT2D eigenvalue weighted by molar-refractivity contribution is 5.85. The van der Waals surface area contributed by atoms with Crippen molar-refractivity contribution in [2.75, 3.05) is 19.6 Å². The second kappa shape index (κ2) is 7.94. The molecule has 2 rings (SSSR count). The molecule has 0 saturated carbocycles. The van der Waals surface area contributed by atoms with Crippen LogP contribution in [-0.2, 0) is 6.42 Å². The van der Waals surface area contributed by atoms with Gasteiger partial charge in [0, 0.05) is 25.7 Å². The molecule has 2 N–H and O–H groups in total. The van der Waals surface area contributed by atoms with Gasteiger partial charge >= 0.3 is 0 Å². The molecule has 0 bridgehead atoms. The normalized spacial score (nSPS) is 19.9. The summed E-state index contributed by atoms with van der Waals surface area (Å²) in [7, 11) is 0. The van der Waals surface area contributed by atoms with Gasteiger partial charge in [0.1, 0.15) is 0 Å². The lowest BCUT2D eigenvalue weighted by Crippen LogP contribution is -2.49. The van der Waals surface area contributed by atoms with Crippen LogP contribution in [-0.4, -0.2) is 25.7 Å². The first-order chi connectivity index (χ1) is 6.45. The maximum atomic E-state index is 3.51. The zero-order valence-corrected chi connectivity index (χ0v) is 10.2. The largest absolute Gasteiger partial charge is 0.314 e. The fraction of sp³-hybridized carbons (Fsp3) is 0.455. The highest BCUT2D eigenvalue weighted by atomic mass is 35.5. The van der Waals surface area contributed by atoms with E-state index in [1.54, 1.807) is 0 Å². The van der Waals surface area contributed by atoms with E-state index in [0.717, 1.165) is 26.1 Å². The Labute approximate surface area is 104 Å². The van der Waals surface area contributed by atoms with Crippen LogP contribution in [0.25, 0.3) is 0 Å². The van der Waals surface area contributed by atoms with Crippen molar-refractivity contribution in [2.24, 2.45) is 0 Å². The van der Waals surface area contributed by atoms with Gasteiger partial charge in [-0.25, -0.2) is 0 Å². The van der Waals surface area contributed by atoms with Crippen molar-refractivity contribution >= 4 is 24.8 Å². The van der Waals surface area contributed by atoms with E-state index < -0.39 is 0 Å². The fourth-order valence-electron chi connectivity index (χ4n) is 1.76. The van der Waals surface area contributed by atoms with E-state index in [9.17, 15) is 0 Å². The number of hydrogen-bond acceptors (Lipinski definition) is 2. The Morgan fingerprint density at radius 2 is 1.80 bits per heavy atom. The first-order valence-electron chi connectivity index (χ1n) is 4.93. The summed E-state index contributed by atoms with van der Waals surface area (Å²) in [5, 5.41) is 6.90. The molecule has 0 unspecified atom stereocenters. The molecule has 4 heteroatoms. The summed E-state index contributed by atoms with van der Waals surface area (Å²) in [6.45, 7) is 3.29. The summed E-state index contributed by atoms with van der Waals surface area (Å²) in [5.41, 5.74) is 1.42. The Kier molecular flexibility index (Phi) is 7.79. The van der Waals surface area contributed by atoms with Crippen LogP contribution in [0.1, 0.15) is 5.56 Å². The Balaban J connectivity index is 0.000000980. The van der Waals surface area contributed by atoms with Crippen molar-refractivity contribution < 1.29 is 0 Å². The molecule has 0 amide bonds. The zero-order valence-electron chi connectivity index (χ0n) is 8.61. The number of benzene rings is 1. The van der Waals surface area contributed by atoms with Gasteiger partial charge in [0.05, 0.1) is 0 Å². The predicted octanol–water partition coefficient (Wildman–Crippen LogP) is 1.63. The lowest BCUT2D eigenvalue weighted by molar-refractivity contribution is 0.416. The molecule has 0 aliphatic carbocycles. The van der Waals surface area contributed by atoms with Gasteiger partial charge < -0.3 is 10.6 Å². The number of piperazine rings is 1. The van der Waals surface area contributed by atoms with E-state index in [2.05, 4.69) is 41.0 Å². The van der Waals surface area contributed by atoms with E-state index in [1.807, 2.05) is 0 Å². The van der Waals surface area contributed by atoms with Crippen LogP contribution in [0.3, 0.4) is 0 Å².